The van der Waals surface area contributed by atoms with Crippen LogP contribution in [0, 0.1) is 20.8 Å². The van der Waals surface area contributed by atoms with Gasteiger partial charge in [0.15, 0.2) is 0 Å². The minimum atomic E-state index is -3.83. The van der Waals surface area contributed by atoms with Gasteiger partial charge in [0, 0.05) is 12.6 Å². The molecule has 1 heterocycles. The van der Waals surface area contributed by atoms with Crippen LogP contribution in [0.1, 0.15) is 36.2 Å². The second-order valence-electron chi connectivity index (χ2n) is 7.25. The van der Waals surface area contributed by atoms with E-state index in [2.05, 4.69) is 15.2 Å². The highest BCUT2D eigenvalue weighted by molar-refractivity contribution is 7.92. The number of nitrogens with one attached hydrogen (secondary N) is 2. The van der Waals surface area contributed by atoms with Crippen molar-refractivity contribution in [2.24, 2.45) is 0 Å². The third-order valence-corrected chi connectivity index (χ3v) is 6.44. The van der Waals surface area contributed by atoms with Crippen molar-refractivity contribution >= 4 is 27.5 Å². The second-order valence-corrected chi connectivity index (χ2v) is 8.90. The number of carbonyl (C=O) groups excluding carboxylic acids is 1. The van der Waals surface area contributed by atoms with Gasteiger partial charge in [-0.05, 0) is 67.6 Å². The molecule has 0 fully saturated rings. The zero-order valence-corrected chi connectivity index (χ0v) is 18.5. The van der Waals surface area contributed by atoms with E-state index in [1.165, 1.54) is 6.92 Å². The lowest BCUT2D eigenvalue weighted by Gasteiger charge is -2.13. The summed E-state index contributed by atoms with van der Waals surface area (Å²) in [7, 11) is -3.83. The fourth-order valence-electron chi connectivity index (χ4n) is 3.17. The first-order valence-corrected chi connectivity index (χ1v) is 11.1. The molecule has 0 spiro atoms. The molecule has 158 valence electrons. The van der Waals surface area contributed by atoms with Gasteiger partial charge in [0.05, 0.1) is 16.2 Å². The highest BCUT2D eigenvalue weighted by atomic mass is 32.2. The number of anilines is 2. The fourth-order valence-corrected chi connectivity index (χ4v) is 4.49. The Labute approximate surface area is 176 Å². The Kier molecular flexibility index (Phi) is 5.98. The molecule has 0 unspecified atom stereocenters. The molecule has 0 aliphatic rings. The number of benzene rings is 2. The number of sulfonamides is 1. The molecule has 0 aliphatic heterocycles. The van der Waals surface area contributed by atoms with Crippen molar-refractivity contribution in [2.75, 3.05) is 10.0 Å². The summed E-state index contributed by atoms with van der Waals surface area (Å²) in [5.41, 5.74) is 5.00. The summed E-state index contributed by atoms with van der Waals surface area (Å²) < 4.78 is 34.2. The molecule has 2 N–H and O–H groups in total. The van der Waals surface area contributed by atoms with Crippen molar-refractivity contribution in [3.63, 3.8) is 0 Å². The van der Waals surface area contributed by atoms with Crippen molar-refractivity contribution in [2.45, 2.75) is 45.9 Å². The minimum absolute atomic E-state index is 0.148. The molecule has 0 saturated carbocycles. The third-order valence-electron chi connectivity index (χ3n) is 4.91. The Bertz CT molecular complexity index is 1210. The molecule has 3 aromatic rings. The Balaban J connectivity index is 2.06. The summed E-state index contributed by atoms with van der Waals surface area (Å²) in [4.78, 5) is 11.7. The lowest BCUT2D eigenvalue weighted by Crippen LogP contribution is -2.14. The van der Waals surface area contributed by atoms with Gasteiger partial charge in [-0.25, -0.2) is 8.42 Å². The maximum absolute atomic E-state index is 13.1. The lowest BCUT2D eigenvalue weighted by molar-refractivity contribution is -0.114. The van der Waals surface area contributed by atoms with Crippen LogP contribution in [0.5, 0.6) is 0 Å². The molecule has 0 atom stereocenters. The zero-order valence-electron chi connectivity index (χ0n) is 17.7. The maximum Gasteiger partial charge on any atom is 0.262 e. The average molecular weight is 428 g/mol. The molecule has 0 bridgehead atoms. The summed E-state index contributed by atoms with van der Waals surface area (Å²) >= 11 is 0. The van der Waals surface area contributed by atoms with Crippen molar-refractivity contribution in [3.8, 4) is 11.1 Å². The highest BCUT2D eigenvalue weighted by Crippen LogP contribution is 2.34. The number of amides is 1. The van der Waals surface area contributed by atoms with Gasteiger partial charge in [0.2, 0.25) is 11.8 Å². The predicted molar refractivity (Wildman–Crippen MR) is 117 cm³/mol. The van der Waals surface area contributed by atoms with E-state index in [1.54, 1.807) is 37.3 Å². The molecular formula is C22H25N3O4S. The summed E-state index contributed by atoms with van der Waals surface area (Å²) in [6.45, 7) is 8.92. The van der Waals surface area contributed by atoms with Crippen LogP contribution in [-0.4, -0.2) is 19.5 Å². The second kappa shape index (κ2) is 8.31. The molecule has 8 heteroatoms. The molecule has 30 heavy (non-hydrogen) atoms. The molecule has 0 aliphatic carbocycles. The SMILES string of the molecule is CCc1noc(NC(C)=O)c1-c1ccc(C)c(S(=O)(=O)Nc2ccc(C)c(C)c2)c1. The molecule has 1 amide bonds. The normalized spacial score (nSPS) is 11.4. The first kappa shape index (κ1) is 21.6. The van der Waals surface area contributed by atoms with E-state index in [4.69, 9.17) is 4.52 Å². The quantitative estimate of drug-likeness (QED) is 0.599. The predicted octanol–water partition coefficient (Wildman–Crippen LogP) is 4.59. The fraction of sp³-hybridized carbons (Fsp3) is 0.273. The van der Waals surface area contributed by atoms with Crippen LogP contribution in [-0.2, 0) is 21.2 Å². The first-order valence-electron chi connectivity index (χ1n) is 9.59. The van der Waals surface area contributed by atoms with Gasteiger partial charge in [-0.3, -0.25) is 14.8 Å². The van der Waals surface area contributed by atoms with E-state index < -0.39 is 10.0 Å². The van der Waals surface area contributed by atoms with Gasteiger partial charge in [0.25, 0.3) is 10.0 Å². The standard InChI is InChI=1S/C22H25N3O4S/c1-6-19-21(22(29-24-19)23-16(5)26)17-9-7-14(3)20(12-17)30(27,28)25-18-10-8-13(2)15(4)11-18/h7-12,25H,6H2,1-5H3,(H,23,26). The number of hydrogen-bond acceptors (Lipinski definition) is 5. The van der Waals surface area contributed by atoms with Crippen LogP contribution in [0.3, 0.4) is 0 Å². The monoisotopic (exact) mass is 427 g/mol. The van der Waals surface area contributed by atoms with Gasteiger partial charge in [-0.2, -0.15) is 0 Å². The van der Waals surface area contributed by atoms with Crippen LogP contribution in [0.15, 0.2) is 45.8 Å². The van der Waals surface area contributed by atoms with Crippen LogP contribution in [0.2, 0.25) is 0 Å². The van der Waals surface area contributed by atoms with E-state index in [1.807, 2.05) is 26.8 Å². The van der Waals surface area contributed by atoms with Gasteiger partial charge in [-0.1, -0.05) is 30.3 Å². The van der Waals surface area contributed by atoms with E-state index in [0.717, 1.165) is 11.1 Å². The number of carbonyl (C=O) groups is 1. The van der Waals surface area contributed by atoms with Crippen LogP contribution in [0.4, 0.5) is 11.6 Å². The van der Waals surface area contributed by atoms with Crippen molar-refractivity contribution in [1.29, 1.82) is 0 Å². The summed E-state index contributed by atoms with van der Waals surface area (Å²) in [5, 5.41) is 6.63. The summed E-state index contributed by atoms with van der Waals surface area (Å²) in [6.07, 6.45) is 0.565. The Hall–Kier alpha value is -3.13. The van der Waals surface area contributed by atoms with E-state index in [0.29, 0.717) is 34.5 Å². The number of aryl methyl sites for hydroxylation is 4. The average Bonchev–Trinajstić information content (AvgIpc) is 3.06. The summed E-state index contributed by atoms with van der Waals surface area (Å²) in [5.74, 6) is -0.0971. The highest BCUT2D eigenvalue weighted by Gasteiger charge is 2.22. The molecule has 7 nitrogen and oxygen atoms in total. The Morgan fingerprint density at radius 3 is 2.37 bits per heavy atom. The van der Waals surface area contributed by atoms with Crippen LogP contribution in [0.25, 0.3) is 11.1 Å². The molecule has 1 aromatic heterocycles. The topological polar surface area (TPSA) is 101 Å². The maximum atomic E-state index is 13.1. The third kappa shape index (κ3) is 4.38. The van der Waals surface area contributed by atoms with Gasteiger partial charge in [0.1, 0.15) is 0 Å². The Morgan fingerprint density at radius 2 is 1.73 bits per heavy atom. The minimum Gasteiger partial charge on any atom is -0.337 e. The molecule has 0 saturated heterocycles. The van der Waals surface area contributed by atoms with Crippen molar-refractivity contribution in [3.05, 3.63) is 58.8 Å². The zero-order chi connectivity index (χ0) is 22.1. The van der Waals surface area contributed by atoms with Gasteiger partial charge >= 0.3 is 0 Å². The number of aromatic nitrogens is 1. The number of hydrogen-bond donors (Lipinski definition) is 2. The van der Waals surface area contributed by atoms with E-state index >= 15 is 0 Å². The molecule has 2 aromatic carbocycles. The summed E-state index contributed by atoms with van der Waals surface area (Å²) in [6, 6.07) is 10.5. The smallest absolute Gasteiger partial charge is 0.262 e. The molecular weight excluding hydrogens is 402 g/mol. The molecule has 3 rings (SSSR count). The van der Waals surface area contributed by atoms with Crippen molar-refractivity contribution in [1.82, 2.24) is 5.16 Å². The number of nitrogens with zero attached hydrogens (tertiary/aromatic N) is 1. The lowest BCUT2D eigenvalue weighted by atomic mass is 10.0. The van der Waals surface area contributed by atoms with Crippen LogP contribution < -0.4 is 10.0 Å². The van der Waals surface area contributed by atoms with Gasteiger partial charge in [-0.15, -0.1) is 0 Å². The number of rotatable bonds is 6. The van der Waals surface area contributed by atoms with E-state index in [9.17, 15) is 13.2 Å². The van der Waals surface area contributed by atoms with E-state index in [-0.39, 0.29) is 16.7 Å². The van der Waals surface area contributed by atoms with Gasteiger partial charge < -0.3 is 4.52 Å². The largest absolute Gasteiger partial charge is 0.337 e. The van der Waals surface area contributed by atoms with Crippen molar-refractivity contribution < 1.29 is 17.7 Å². The van der Waals surface area contributed by atoms with Crippen LogP contribution >= 0.6 is 0 Å². The molecule has 0 radical (unpaired) electrons. The Morgan fingerprint density at radius 1 is 1.03 bits per heavy atom. The first-order chi connectivity index (χ1) is 14.1.